The maximum atomic E-state index is 5.75. The van der Waals surface area contributed by atoms with Gasteiger partial charge in [-0.2, -0.15) is 5.10 Å². The molecular weight excluding hydrogens is 254 g/mol. The molecule has 0 amide bonds. The normalized spacial score (nSPS) is 9.70. The number of aromatic nitrogens is 2. The molecule has 0 aliphatic heterocycles. The van der Waals surface area contributed by atoms with Crippen LogP contribution in [-0.4, -0.2) is 30.0 Å². The number of benzene rings is 1. The number of nitrogens with two attached hydrogens (primary N) is 1. The monoisotopic (exact) mass is 271 g/mol. The van der Waals surface area contributed by atoms with E-state index < -0.39 is 0 Å². The SMILES string of the molecule is COc1ccc(OCCn2cccn2)c(C#CCN)c1. The molecule has 0 fully saturated rings. The molecule has 0 aliphatic rings. The van der Waals surface area contributed by atoms with E-state index in [4.69, 9.17) is 15.2 Å². The van der Waals surface area contributed by atoms with Gasteiger partial charge in [0.2, 0.25) is 0 Å². The van der Waals surface area contributed by atoms with Crippen molar-refractivity contribution in [2.45, 2.75) is 6.54 Å². The Balaban J connectivity index is 2.05. The molecule has 2 N–H and O–H groups in total. The molecule has 0 saturated heterocycles. The van der Waals surface area contributed by atoms with Crippen molar-refractivity contribution in [3.8, 4) is 23.3 Å². The molecule has 1 aromatic heterocycles. The standard InChI is InChI=1S/C15H17N3O2/c1-19-14-5-6-15(13(12-14)4-2-7-16)20-11-10-18-9-3-8-17-18/h3,5-6,8-9,12H,7,10-11,16H2,1H3. The summed E-state index contributed by atoms with van der Waals surface area (Å²) < 4.78 is 12.7. The fourth-order valence-corrected chi connectivity index (χ4v) is 1.69. The van der Waals surface area contributed by atoms with Gasteiger partial charge in [0.15, 0.2) is 0 Å². The van der Waals surface area contributed by atoms with Crippen LogP contribution in [-0.2, 0) is 6.54 Å². The van der Waals surface area contributed by atoms with Gasteiger partial charge in [0.1, 0.15) is 18.1 Å². The van der Waals surface area contributed by atoms with Gasteiger partial charge in [0.25, 0.3) is 0 Å². The number of hydrogen-bond donors (Lipinski definition) is 1. The lowest BCUT2D eigenvalue weighted by molar-refractivity contribution is 0.290. The maximum Gasteiger partial charge on any atom is 0.135 e. The van der Waals surface area contributed by atoms with Crippen LogP contribution in [0.5, 0.6) is 11.5 Å². The van der Waals surface area contributed by atoms with E-state index in [-0.39, 0.29) is 0 Å². The summed E-state index contributed by atoms with van der Waals surface area (Å²) in [5, 5.41) is 4.12. The van der Waals surface area contributed by atoms with Crippen LogP contribution in [0.1, 0.15) is 5.56 Å². The molecule has 0 radical (unpaired) electrons. The summed E-state index contributed by atoms with van der Waals surface area (Å²) in [7, 11) is 1.62. The van der Waals surface area contributed by atoms with Crippen molar-refractivity contribution >= 4 is 0 Å². The molecule has 0 aliphatic carbocycles. The highest BCUT2D eigenvalue weighted by Gasteiger charge is 2.04. The Hall–Kier alpha value is -2.45. The number of methoxy groups -OCH3 is 1. The molecule has 2 aromatic rings. The molecule has 104 valence electrons. The molecule has 5 nitrogen and oxygen atoms in total. The molecule has 1 aromatic carbocycles. The summed E-state index contributed by atoms with van der Waals surface area (Å²) in [5.41, 5.74) is 6.18. The average Bonchev–Trinajstić information content (AvgIpc) is 2.99. The zero-order valence-electron chi connectivity index (χ0n) is 11.4. The molecule has 20 heavy (non-hydrogen) atoms. The molecule has 0 spiro atoms. The minimum atomic E-state index is 0.309. The van der Waals surface area contributed by atoms with E-state index in [0.717, 1.165) is 17.1 Å². The van der Waals surface area contributed by atoms with Crippen LogP contribution in [0.2, 0.25) is 0 Å². The largest absolute Gasteiger partial charge is 0.497 e. The first-order valence-electron chi connectivity index (χ1n) is 6.30. The Morgan fingerprint density at radius 3 is 3.00 bits per heavy atom. The van der Waals surface area contributed by atoms with Crippen LogP contribution >= 0.6 is 0 Å². The second-order valence-corrected chi connectivity index (χ2v) is 3.99. The van der Waals surface area contributed by atoms with Gasteiger partial charge >= 0.3 is 0 Å². The van der Waals surface area contributed by atoms with E-state index in [1.54, 1.807) is 13.3 Å². The first kappa shape index (κ1) is 14.0. The van der Waals surface area contributed by atoms with Gasteiger partial charge in [0, 0.05) is 12.4 Å². The van der Waals surface area contributed by atoms with E-state index in [9.17, 15) is 0 Å². The van der Waals surface area contributed by atoms with Crippen LogP contribution < -0.4 is 15.2 Å². The lowest BCUT2D eigenvalue weighted by atomic mass is 10.2. The van der Waals surface area contributed by atoms with E-state index in [1.165, 1.54) is 0 Å². The molecular formula is C15H17N3O2. The molecule has 1 heterocycles. The summed E-state index contributed by atoms with van der Waals surface area (Å²) in [4.78, 5) is 0. The third kappa shape index (κ3) is 3.77. The van der Waals surface area contributed by atoms with E-state index in [2.05, 4.69) is 16.9 Å². The van der Waals surface area contributed by atoms with E-state index >= 15 is 0 Å². The third-order valence-electron chi connectivity index (χ3n) is 2.65. The van der Waals surface area contributed by atoms with Crippen molar-refractivity contribution in [1.29, 1.82) is 0 Å². The van der Waals surface area contributed by atoms with Gasteiger partial charge in [-0.15, -0.1) is 0 Å². The van der Waals surface area contributed by atoms with Gasteiger partial charge in [-0.3, -0.25) is 4.68 Å². The van der Waals surface area contributed by atoms with Crippen LogP contribution in [0.3, 0.4) is 0 Å². The summed E-state index contributed by atoms with van der Waals surface area (Å²) in [6, 6.07) is 7.41. The highest BCUT2D eigenvalue weighted by molar-refractivity contribution is 5.50. The summed E-state index contributed by atoms with van der Waals surface area (Å²) in [5.74, 6) is 7.28. The zero-order chi connectivity index (χ0) is 14.2. The highest BCUT2D eigenvalue weighted by atomic mass is 16.5. The fraction of sp³-hybridized carbons (Fsp3) is 0.267. The van der Waals surface area contributed by atoms with Crippen molar-refractivity contribution in [3.63, 3.8) is 0 Å². The summed E-state index contributed by atoms with van der Waals surface area (Å²) in [6.07, 6.45) is 3.64. The quantitative estimate of drug-likeness (QED) is 0.832. The molecule has 5 heteroatoms. The van der Waals surface area contributed by atoms with Crippen molar-refractivity contribution < 1.29 is 9.47 Å². The van der Waals surface area contributed by atoms with Gasteiger partial charge in [-0.05, 0) is 24.3 Å². The predicted molar refractivity (Wildman–Crippen MR) is 76.6 cm³/mol. The second kappa shape index (κ2) is 7.22. The van der Waals surface area contributed by atoms with Crippen molar-refractivity contribution in [1.82, 2.24) is 9.78 Å². The first-order valence-corrected chi connectivity index (χ1v) is 6.30. The molecule has 0 atom stereocenters. The van der Waals surface area contributed by atoms with Crippen LogP contribution in [0.15, 0.2) is 36.7 Å². The average molecular weight is 271 g/mol. The smallest absolute Gasteiger partial charge is 0.135 e. The predicted octanol–water partition coefficient (Wildman–Crippen LogP) is 1.28. The molecule has 2 rings (SSSR count). The van der Waals surface area contributed by atoms with Crippen LogP contribution in [0, 0.1) is 11.8 Å². The minimum Gasteiger partial charge on any atom is -0.497 e. The number of ether oxygens (including phenoxy) is 2. The Morgan fingerprint density at radius 2 is 2.30 bits per heavy atom. The maximum absolute atomic E-state index is 5.75. The number of rotatable bonds is 5. The van der Waals surface area contributed by atoms with Gasteiger partial charge < -0.3 is 15.2 Å². The number of hydrogen-bond acceptors (Lipinski definition) is 4. The molecule has 0 saturated carbocycles. The first-order chi connectivity index (χ1) is 9.83. The lowest BCUT2D eigenvalue weighted by Gasteiger charge is -2.10. The topological polar surface area (TPSA) is 62.3 Å². The van der Waals surface area contributed by atoms with Gasteiger partial charge in [-0.1, -0.05) is 11.8 Å². The Bertz CT molecular complexity index is 597. The minimum absolute atomic E-state index is 0.309. The second-order valence-electron chi connectivity index (χ2n) is 3.99. The van der Waals surface area contributed by atoms with E-state index in [0.29, 0.717) is 19.7 Å². The number of nitrogens with zero attached hydrogens (tertiary/aromatic N) is 2. The summed E-state index contributed by atoms with van der Waals surface area (Å²) >= 11 is 0. The Labute approximate surface area is 118 Å². The van der Waals surface area contributed by atoms with Crippen molar-refractivity contribution in [2.75, 3.05) is 20.3 Å². The molecule has 0 bridgehead atoms. The van der Waals surface area contributed by atoms with Crippen molar-refractivity contribution in [2.24, 2.45) is 5.73 Å². The Kier molecular flexibility index (Phi) is 5.04. The lowest BCUT2D eigenvalue weighted by Crippen LogP contribution is -2.09. The van der Waals surface area contributed by atoms with E-state index in [1.807, 2.05) is 35.1 Å². The van der Waals surface area contributed by atoms with Crippen LogP contribution in [0.4, 0.5) is 0 Å². The fourth-order valence-electron chi connectivity index (χ4n) is 1.69. The summed E-state index contributed by atoms with van der Waals surface area (Å²) in [6.45, 7) is 1.51. The highest BCUT2D eigenvalue weighted by Crippen LogP contribution is 2.23. The van der Waals surface area contributed by atoms with Gasteiger partial charge in [-0.25, -0.2) is 0 Å². The Morgan fingerprint density at radius 1 is 1.40 bits per heavy atom. The van der Waals surface area contributed by atoms with Crippen molar-refractivity contribution in [3.05, 3.63) is 42.2 Å². The van der Waals surface area contributed by atoms with Gasteiger partial charge in [0.05, 0.1) is 25.8 Å². The molecule has 0 unspecified atom stereocenters. The third-order valence-corrected chi connectivity index (χ3v) is 2.65. The van der Waals surface area contributed by atoms with Crippen LogP contribution in [0.25, 0.3) is 0 Å². The zero-order valence-corrected chi connectivity index (χ0v) is 11.4.